The zero-order valence-electron chi connectivity index (χ0n) is 21.1. The molecule has 6 rings (SSSR count). The van der Waals surface area contributed by atoms with Gasteiger partial charge in [-0.05, 0) is 85.1 Å². The average molecular weight is 505 g/mol. The van der Waals surface area contributed by atoms with Gasteiger partial charge in [-0.2, -0.15) is 0 Å². The first kappa shape index (κ1) is 25.3. The summed E-state index contributed by atoms with van der Waals surface area (Å²) in [5.41, 5.74) is 9.58. The summed E-state index contributed by atoms with van der Waals surface area (Å²) in [6.07, 6.45) is 11.0. The van der Waals surface area contributed by atoms with Gasteiger partial charge in [0.1, 0.15) is 0 Å². The first-order chi connectivity index (χ1) is 17.4. The molecule has 6 heteroatoms. The van der Waals surface area contributed by atoms with Crippen molar-refractivity contribution in [2.24, 2.45) is 0 Å². The molecule has 0 amide bonds. The van der Waals surface area contributed by atoms with Crippen LogP contribution in [0, 0.1) is 0 Å². The number of pyridine rings is 2. The highest BCUT2D eigenvalue weighted by atomic mass is 35.5. The third-order valence-electron chi connectivity index (χ3n) is 8.05. The number of rotatable bonds is 8. The normalized spacial score (nSPS) is 18.9. The third-order valence-corrected chi connectivity index (χ3v) is 8.05. The molecule has 0 saturated carbocycles. The van der Waals surface area contributed by atoms with Gasteiger partial charge in [0.25, 0.3) is 0 Å². The van der Waals surface area contributed by atoms with E-state index in [0.29, 0.717) is 6.04 Å². The van der Waals surface area contributed by atoms with Crippen LogP contribution in [0.25, 0.3) is 11.1 Å². The quantitative estimate of drug-likeness (QED) is 0.298. The Morgan fingerprint density at radius 1 is 0.917 bits per heavy atom. The van der Waals surface area contributed by atoms with Gasteiger partial charge in [-0.3, -0.25) is 19.8 Å². The molecule has 36 heavy (non-hydrogen) atoms. The summed E-state index contributed by atoms with van der Waals surface area (Å²) in [5, 5.41) is 0. The Morgan fingerprint density at radius 3 is 2.69 bits per heavy atom. The number of hydrogen-bond donors (Lipinski definition) is 0. The zero-order valence-corrected chi connectivity index (χ0v) is 21.9. The monoisotopic (exact) mass is 504 g/mol. The van der Waals surface area contributed by atoms with Crippen molar-refractivity contribution in [3.63, 3.8) is 0 Å². The van der Waals surface area contributed by atoms with E-state index < -0.39 is 0 Å². The molecule has 0 radical (unpaired) electrons. The molecule has 0 spiro atoms. The van der Waals surface area contributed by atoms with E-state index in [9.17, 15) is 0 Å². The highest BCUT2D eigenvalue weighted by molar-refractivity contribution is 5.85. The summed E-state index contributed by atoms with van der Waals surface area (Å²) in [4.78, 5) is 15.1. The van der Waals surface area contributed by atoms with Crippen molar-refractivity contribution in [1.82, 2.24) is 19.8 Å². The van der Waals surface area contributed by atoms with Crippen LogP contribution < -0.4 is 0 Å². The molecule has 1 saturated heterocycles. The fourth-order valence-corrected chi connectivity index (χ4v) is 6.20. The number of halogens is 1. The lowest BCUT2D eigenvalue weighted by Gasteiger charge is -2.35. The van der Waals surface area contributed by atoms with Crippen LogP contribution in [0.2, 0.25) is 0 Å². The van der Waals surface area contributed by atoms with Crippen molar-refractivity contribution in [3.8, 4) is 11.1 Å². The average Bonchev–Trinajstić information content (AvgIpc) is 3.30. The molecule has 1 atom stereocenters. The van der Waals surface area contributed by atoms with Gasteiger partial charge in [-0.1, -0.05) is 30.3 Å². The van der Waals surface area contributed by atoms with Gasteiger partial charge in [-0.15, -0.1) is 12.4 Å². The molecule has 5 nitrogen and oxygen atoms in total. The van der Waals surface area contributed by atoms with Gasteiger partial charge in [-0.25, -0.2) is 0 Å². The number of aromatic nitrogens is 2. The predicted octanol–water partition coefficient (Wildman–Crippen LogP) is 5.46. The van der Waals surface area contributed by atoms with E-state index in [4.69, 9.17) is 14.7 Å². The Hall–Kier alpha value is -2.31. The summed E-state index contributed by atoms with van der Waals surface area (Å²) in [6.45, 7) is 7.06. The Balaban J connectivity index is 0.00000267. The highest BCUT2D eigenvalue weighted by Crippen LogP contribution is 2.39. The number of benzene rings is 1. The van der Waals surface area contributed by atoms with E-state index in [1.807, 2.05) is 12.4 Å². The van der Waals surface area contributed by atoms with Crippen LogP contribution in [-0.2, 0) is 24.1 Å². The first-order valence-corrected chi connectivity index (χ1v) is 13.4. The standard InChI is InChI=1S/C30H36N4O.ClH/c1-2-10-25-24(7-1)21-27-26(25)12-14-31-28(27)22-34(16-4-3-15-33-17-19-35-20-18-33)29-11-5-8-23-9-6-13-32-30(23)29;/h1-2,6-7,9-10,12-14,29H,3-5,8,11,15-22H2;1H. The fourth-order valence-electron chi connectivity index (χ4n) is 6.20. The summed E-state index contributed by atoms with van der Waals surface area (Å²) < 4.78 is 5.52. The van der Waals surface area contributed by atoms with Gasteiger partial charge < -0.3 is 4.74 Å². The van der Waals surface area contributed by atoms with Crippen molar-refractivity contribution in [1.29, 1.82) is 0 Å². The smallest absolute Gasteiger partial charge is 0.0607 e. The topological polar surface area (TPSA) is 41.5 Å². The van der Waals surface area contributed by atoms with Crippen LogP contribution >= 0.6 is 12.4 Å². The number of morpholine rings is 1. The van der Waals surface area contributed by atoms with Crippen molar-refractivity contribution >= 4 is 12.4 Å². The molecule has 190 valence electrons. The van der Waals surface area contributed by atoms with E-state index >= 15 is 0 Å². The molecule has 2 aliphatic carbocycles. The van der Waals surface area contributed by atoms with Crippen molar-refractivity contribution < 1.29 is 4.74 Å². The van der Waals surface area contributed by atoms with E-state index in [0.717, 1.165) is 52.2 Å². The predicted molar refractivity (Wildman–Crippen MR) is 147 cm³/mol. The molecule has 1 aliphatic heterocycles. The van der Waals surface area contributed by atoms with Crippen molar-refractivity contribution in [2.75, 3.05) is 39.4 Å². The Kier molecular flexibility index (Phi) is 8.32. The minimum atomic E-state index is 0. The minimum Gasteiger partial charge on any atom is -0.379 e. The molecule has 0 bridgehead atoms. The molecule has 1 fully saturated rings. The number of ether oxygens (including phenoxy) is 1. The lowest BCUT2D eigenvalue weighted by molar-refractivity contribution is 0.0365. The maximum atomic E-state index is 5.52. The zero-order chi connectivity index (χ0) is 23.5. The number of fused-ring (bicyclic) bond motifs is 4. The summed E-state index contributed by atoms with van der Waals surface area (Å²) >= 11 is 0. The molecule has 3 aromatic rings. The van der Waals surface area contributed by atoms with Crippen LogP contribution in [0.3, 0.4) is 0 Å². The second-order valence-corrected chi connectivity index (χ2v) is 10.2. The van der Waals surface area contributed by atoms with Crippen LogP contribution in [0.5, 0.6) is 0 Å². The van der Waals surface area contributed by atoms with Crippen molar-refractivity contribution in [3.05, 3.63) is 82.9 Å². The largest absolute Gasteiger partial charge is 0.379 e. The highest BCUT2D eigenvalue weighted by Gasteiger charge is 2.29. The van der Waals surface area contributed by atoms with E-state index in [2.05, 4.69) is 52.3 Å². The van der Waals surface area contributed by atoms with Crippen LogP contribution in [-0.4, -0.2) is 59.2 Å². The molecular weight excluding hydrogens is 468 g/mol. The van der Waals surface area contributed by atoms with Crippen LogP contribution in [0.15, 0.2) is 54.9 Å². The maximum absolute atomic E-state index is 5.52. The fraction of sp³-hybridized carbons (Fsp3) is 0.467. The number of hydrogen-bond acceptors (Lipinski definition) is 5. The van der Waals surface area contributed by atoms with E-state index in [-0.39, 0.29) is 12.4 Å². The second-order valence-electron chi connectivity index (χ2n) is 10.2. The SMILES string of the molecule is Cl.c1ccc2c(c1)Cc1c-2ccnc1CN(CCCCN1CCOCC1)C1CCCc2cccnc21. The van der Waals surface area contributed by atoms with Gasteiger partial charge in [0, 0.05) is 38.4 Å². The Labute approximate surface area is 221 Å². The lowest BCUT2D eigenvalue weighted by atomic mass is 9.90. The van der Waals surface area contributed by atoms with Crippen molar-refractivity contribution in [2.45, 2.75) is 51.1 Å². The number of aryl methyl sites for hydroxylation is 1. The maximum Gasteiger partial charge on any atom is 0.0607 e. The third kappa shape index (κ3) is 5.35. The molecule has 1 aromatic carbocycles. The molecule has 1 unspecified atom stereocenters. The first-order valence-electron chi connectivity index (χ1n) is 13.4. The number of nitrogens with zero attached hydrogens (tertiary/aromatic N) is 4. The molecule has 3 heterocycles. The summed E-state index contributed by atoms with van der Waals surface area (Å²) in [6, 6.07) is 15.8. The second kappa shape index (κ2) is 11.8. The summed E-state index contributed by atoms with van der Waals surface area (Å²) in [7, 11) is 0. The Morgan fingerprint density at radius 2 is 1.78 bits per heavy atom. The van der Waals surface area contributed by atoms with E-state index in [1.54, 1.807) is 0 Å². The van der Waals surface area contributed by atoms with Crippen LogP contribution in [0.1, 0.15) is 59.8 Å². The van der Waals surface area contributed by atoms with Crippen LogP contribution in [0.4, 0.5) is 0 Å². The number of unbranched alkanes of at least 4 members (excludes halogenated alkanes) is 1. The van der Waals surface area contributed by atoms with Gasteiger partial charge in [0.15, 0.2) is 0 Å². The van der Waals surface area contributed by atoms with Gasteiger partial charge in [0.2, 0.25) is 0 Å². The molecule has 3 aliphatic rings. The Bertz CT molecular complexity index is 1160. The lowest BCUT2D eigenvalue weighted by Crippen LogP contribution is -2.37. The molecular formula is C30H37ClN4O. The molecule has 2 aromatic heterocycles. The minimum absolute atomic E-state index is 0. The van der Waals surface area contributed by atoms with Gasteiger partial charge in [0.05, 0.1) is 30.6 Å². The van der Waals surface area contributed by atoms with E-state index in [1.165, 1.54) is 71.4 Å². The summed E-state index contributed by atoms with van der Waals surface area (Å²) in [5.74, 6) is 0. The van der Waals surface area contributed by atoms with Gasteiger partial charge >= 0.3 is 0 Å². The molecule has 0 N–H and O–H groups in total.